The third-order valence-electron chi connectivity index (χ3n) is 2.45. The van der Waals surface area contributed by atoms with Gasteiger partial charge in [0.2, 0.25) is 5.91 Å². The molecule has 68 valence electrons. The Morgan fingerprint density at radius 2 is 2.17 bits per heavy atom. The minimum absolute atomic E-state index is 0. The van der Waals surface area contributed by atoms with Crippen LogP contribution in [0.3, 0.4) is 0 Å². The summed E-state index contributed by atoms with van der Waals surface area (Å²) in [5, 5.41) is 2.97. The normalized spacial score (nSPS) is 23.1. The molecule has 0 unspecified atom stereocenters. The van der Waals surface area contributed by atoms with E-state index in [9.17, 15) is 4.79 Å². The van der Waals surface area contributed by atoms with E-state index in [0.29, 0.717) is 0 Å². The standard InChI is InChI=1S/C8H12NO2.W/c1-11-5-7(10)9-8-2-6(3-8)4-8;/h2-5H2,1H3,(H,9,10);/q-1;. The zero-order valence-corrected chi connectivity index (χ0v) is 9.99. The first-order valence-corrected chi connectivity index (χ1v) is 3.88. The third-order valence-corrected chi connectivity index (χ3v) is 2.45. The maximum absolute atomic E-state index is 11.0. The van der Waals surface area contributed by atoms with Crippen molar-refractivity contribution in [3.63, 3.8) is 0 Å². The Morgan fingerprint density at radius 1 is 1.58 bits per heavy atom. The van der Waals surface area contributed by atoms with E-state index in [-0.39, 0.29) is 39.1 Å². The first-order valence-electron chi connectivity index (χ1n) is 3.88. The van der Waals surface area contributed by atoms with E-state index in [1.165, 1.54) is 7.11 Å². The summed E-state index contributed by atoms with van der Waals surface area (Å²) in [5.74, 6) is 1.62. The molecule has 3 fully saturated rings. The van der Waals surface area contributed by atoms with Gasteiger partial charge in [-0.15, -0.1) is 0 Å². The Labute approximate surface area is 86.5 Å². The van der Waals surface area contributed by atoms with Crippen molar-refractivity contribution in [1.82, 2.24) is 5.32 Å². The van der Waals surface area contributed by atoms with Crippen molar-refractivity contribution in [2.75, 3.05) is 13.7 Å². The predicted octanol–water partition coefficient (Wildman–Crippen LogP) is 0.257. The van der Waals surface area contributed by atoms with E-state index in [0.717, 1.165) is 19.3 Å². The van der Waals surface area contributed by atoms with Crippen molar-refractivity contribution in [2.24, 2.45) is 0 Å². The molecule has 0 spiro atoms. The summed E-state index contributed by atoms with van der Waals surface area (Å²) in [4.78, 5) is 11.0. The number of hydrogen-bond acceptors (Lipinski definition) is 2. The molecule has 0 atom stereocenters. The quantitative estimate of drug-likeness (QED) is 0.750. The number of amides is 1. The number of ether oxygens (including phenoxy) is 1. The third kappa shape index (κ3) is 1.57. The van der Waals surface area contributed by atoms with E-state index < -0.39 is 0 Å². The van der Waals surface area contributed by atoms with Gasteiger partial charge in [-0.3, -0.25) is 4.79 Å². The summed E-state index contributed by atoms with van der Waals surface area (Å²) < 4.78 is 4.72. The molecule has 1 amide bonds. The molecule has 1 N–H and O–H groups in total. The molecular formula is C8H12NO2W-. The van der Waals surface area contributed by atoms with Gasteiger partial charge in [0.15, 0.2) is 0 Å². The molecule has 0 aliphatic heterocycles. The molecule has 2 bridgehead atoms. The van der Waals surface area contributed by atoms with Crippen LogP contribution in [0.25, 0.3) is 0 Å². The number of carbonyl (C=O) groups excluding carboxylic acids is 1. The number of carbonyl (C=O) groups is 1. The van der Waals surface area contributed by atoms with Crippen LogP contribution >= 0.6 is 0 Å². The van der Waals surface area contributed by atoms with Crippen molar-refractivity contribution < 1.29 is 30.6 Å². The van der Waals surface area contributed by atoms with E-state index in [2.05, 4.69) is 5.32 Å². The van der Waals surface area contributed by atoms with E-state index >= 15 is 0 Å². The van der Waals surface area contributed by atoms with Gasteiger partial charge in [-0.25, -0.2) is 0 Å². The SMILES string of the molecule is COCC(=O)NC12C[C-](C1)C2.[W]. The number of hydrogen-bond donors (Lipinski definition) is 1. The van der Waals surface area contributed by atoms with Crippen LogP contribution in [0, 0.1) is 5.92 Å². The fourth-order valence-electron chi connectivity index (χ4n) is 1.88. The summed E-state index contributed by atoms with van der Waals surface area (Å²) in [7, 11) is 1.54. The summed E-state index contributed by atoms with van der Waals surface area (Å²) in [5.41, 5.74) is 0.172. The smallest absolute Gasteiger partial charge is 0.246 e. The van der Waals surface area contributed by atoms with Crippen LogP contribution in [0.2, 0.25) is 0 Å². The van der Waals surface area contributed by atoms with Gasteiger partial charge >= 0.3 is 0 Å². The first-order chi connectivity index (χ1) is 5.24. The van der Waals surface area contributed by atoms with Crippen LogP contribution in [0.1, 0.15) is 19.3 Å². The molecule has 0 aromatic rings. The molecule has 0 heterocycles. The Kier molecular flexibility index (Phi) is 2.95. The second-order valence-electron chi connectivity index (χ2n) is 3.54. The van der Waals surface area contributed by atoms with Crippen LogP contribution in [-0.4, -0.2) is 25.2 Å². The number of rotatable bonds is 3. The van der Waals surface area contributed by atoms with Crippen molar-refractivity contribution in [3.05, 3.63) is 5.92 Å². The van der Waals surface area contributed by atoms with Gasteiger partial charge < -0.3 is 16.0 Å². The Bertz CT molecular complexity index is 178. The summed E-state index contributed by atoms with van der Waals surface area (Å²) >= 11 is 0. The summed E-state index contributed by atoms with van der Waals surface area (Å²) in [6.07, 6.45) is 3.34. The molecule has 3 aliphatic rings. The van der Waals surface area contributed by atoms with E-state index in [4.69, 9.17) is 4.74 Å². The molecule has 3 rings (SSSR count). The molecule has 4 heteroatoms. The molecule has 0 saturated heterocycles. The molecule has 3 aliphatic carbocycles. The molecule has 3 nitrogen and oxygen atoms in total. The number of nitrogens with one attached hydrogen (secondary N) is 1. The van der Waals surface area contributed by atoms with Crippen molar-refractivity contribution in [1.29, 1.82) is 0 Å². The van der Waals surface area contributed by atoms with Gasteiger partial charge in [0, 0.05) is 28.2 Å². The second-order valence-corrected chi connectivity index (χ2v) is 3.54. The van der Waals surface area contributed by atoms with Gasteiger partial charge in [-0.2, -0.15) is 19.3 Å². The van der Waals surface area contributed by atoms with Gasteiger partial charge in [0.25, 0.3) is 0 Å². The van der Waals surface area contributed by atoms with Crippen LogP contribution in [-0.2, 0) is 30.6 Å². The van der Waals surface area contributed by atoms with Crippen LogP contribution in [0.15, 0.2) is 0 Å². The maximum Gasteiger partial charge on any atom is 0.246 e. The van der Waals surface area contributed by atoms with Gasteiger partial charge in [0.1, 0.15) is 6.61 Å². The minimum Gasteiger partial charge on any atom is -0.375 e. The average Bonchev–Trinajstić information content (AvgIpc) is 1.77. The van der Waals surface area contributed by atoms with Gasteiger partial charge in [-0.05, 0) is 5.54 Å². The Morgan fingerprint density at radius 3 is 2.50 bits per heavy atom. The van der Waals surface area contributed by atoms with Crippen LogP contribution in [0.5, 0.6) is 0 Å². The van der Waals surface area contributed by atoms with E-state index in [1.807, 2.05) is 0 Å². The maximum atomic E-state index is 11.0. The minimum atomic E-state index is 0. The zero-order valence-electron chi connectivity index (χ0n) is 7.05. The summed E-state index contributed by atoms with van der Waals surface area (Å²) in [6, 6.07) is 0. The summed E-state index contributed by atoms with van der Waals surface area (Å²) in [6.45, 7) is 0.192. The molecule has 0 aromatic heterocycles. The topological polar surface area (TPSA) is 38.3 Å². The molecule has 12 heavy (non-hydrogen) atoms. The molecule has 0 radical (unpaired) electrons. The van der Waals surface area contributed by atoms with E-state index in [1.54, 1.807) is 5.92 Å². The number of methoxy groups -OCH3 is 1. The second kappa shape index (κ2) is 3.47. The van der Waals surface area contributed by atoms with Gasteiger partial charge in [-0.1, -0.05) is 0 Å². The molecule has 0 aromatic carbocycles. The van der Waals surface area contributed by atoms with Crippen molar-refractivity contribution >= 4 is 5.91 Å². The largest absolute Gasteiger partial charge is 0.375 e. The first kappa shape index (κ1) is 10.2. The van der Waals surface area contributed by atoms with Gasteiger partial charge in [0.05, 0.1) is 0 Å². The Balaban J connectivity index is 0.000000720. The predicted molar refractivity (Wildman–Crippen MR) is 39.8 cm³/mol. The fraction of sp³-hybridized carbons (Fsp3) is 0.750. The fourth-order valence-corrected chi connectivity index (χ4v) is 1.88. The van der Waals surface area contributed by atoms with Crippen molar-refractivity contribution in [3.8, 4) is 0 Å². The van der Waals surface area contributed by atoms with Crippen molar-refractivity contribution in [2.45, 2.75) is 24.8 Å². The molecule has 3 saturated carbocycles. The van der Waals surface area contributed by atoms with Crippen LogP contribution in [0.4, 0.5) is 0 Å². The van der Waals surface area contributed by atoms with Crippen LogP contribution < -0.4 is 5.32 Å². The Hall–Kier alpha value is 0.118. The monoisotopic (exact) mass is 338 g/mol. The zero-order chi connectivity index (χ0) is 7.90. The average molecular weight is 338 g/mol. The molecular weight excluding hydrogens is 326 g/mol.